The summed E-state index contributed by atoms with van der Waals surface area (Å²) in [4.78, 5) is 21.7. The summed E-state index contributed by atoms with van der Waals surface area (Å²) >= 11 is 3.29. The van der Waals surface area contributed by atoms with E-state index < -0.39 is 12.1 Å². The predicted molar refractivity (Wildman–Crippen MR) is 66.9 cm³/mol. The predicted octanol–water partition coefficient (Wildman–Crippen LogP) is 0.473. The average Bonchev–Trinajstić information content (AvgIpc) is 2.28. The summed E-state index contributed by atoms with van der Waals surface area (Å²) in [6, 6.07) is 7.11. The molecular formula is C12H13BrNO4-. The monoisotopic (exact) mass is 314 g/mol. The second-order valence-electron chi connectivity index (χ2n) is 3.63. The van der Waals surface area contributed by atoms with E-state index in [1.165, 1.54) is 0 Å². The highest BCUT2D eigenvalue weighted by Gasteiger charge is 2.13. The quantitative estimate of drug-likeness (QED) is 0.828. The Balaban J connectivity index is 2.42. The van der Waals surface area contributed by atoms with Gasteiger partial charge >= 0.3 is 0 Å². The van der Waals surface area contributed by atoms with Gasteiger partial charge in [-0.1, -0.05) is 22.0 Å². The van der Waals surface area contributed by atoms with Gasteiger partial charge in [-0.2, -0.15) is 0 Å². The van der Waals surface area contributed by atoms with E-state index in [1.54, 1.807) is 25.1 Å². The molecule has 0 saturated carbocycles. The van der Waals surface area contributed by atoms with Crippen LogP contribution < -0.4 is 15.2 Å². The number of amides is 1. The van der Waals surface area contributed by atoms with Crippen LogP contribution in [0.1, 0.15) is 13.3 Å². The number of halogens is 1. The summed E-state index contributed by atoms with van der Waals surface area (Å²) in [5.74, 6) is -1.00. The molecule has 1 rings (SSSR count). The maximum atomic E-state index is 11.6. The van der Waals surface area contributed by atoms with Gasteiger partial charge in [-0.15, -0.1) is 0 Å². The Morgan fingerprint density at radius 2 is 2.22 bits per heavy atom. The van der Waals surface area contributed by atoms with Crippen LogP contribution >= 0.6 is 15.9 Å². The fraction of sp³-hybridized carbons (Fsp3) is 0.333. The third-order valence-electron chi connectivity index (χ3n) is 2.11. The minimum Gasteiger partial charge on any atom is -0.550 e. The SMILES string of the molecule is C[C@@H](Oc1cccc(Br)c1)C(=O)NCCC(=O)[O-]. The van der Waals surface area contributed by atoms with Crippen LogP contribution in [-0.2, 0) is 9.59 Å². The summed E-state index contributed by atoms with van der Waals surface area (Å²) in [5.41, 5.74) is 0. The Hall–Kier alpha value is -1.56. The molecule has 1 aromatic carbocycles. The molecule has 1 N–H and O–H groups in total. The summed E-state index contributed by atoms with van der Waals surface area (Å²) in [5, 5.41) is 12.6. The van der Waals surface area contributed by atoms with Crippen molar-refractivity contribution in [2.75, 3.05) is 6.54 Å². The van der Waals surface area contributed by atoms with Crippen LogP contribution in [-0.4, -0.2) is 24.5 Å². The van der Waals surface area contributed by atoms with E-state index in [0.717, 1.165) is 4.47 Å². The lowest BCUT2D eigenvalue weighted by molar-refractivity contribution is -0.305. The maximum Gasteiger partial charge on any atom is 0.260 e. The van der Waals surface area contributed by atoms with Crippen LogP contribution in [0.4, 0.5) is 0 Å². The molecule has 0 saturated heterocycles. The van der Waals surface area contributed by atoms with E-state index in [9.17, 15) is 14.7 Å². The number of nitrogens with one attached hydrogen (secondary N) is 1. The second kappa shape index (κ2) is 7.00. The first-order valence-electron chi connectivity index (χ1n) is 5.39. The summed E-state index contributed by atoms with van der Waals surface area (Å²) < 4.78 is 6.26. The lowest BCUT2D eigenvalue weighted by Gasteiger charge is -2.15. The number of aliphatic carboxylic acids is 1. The van der Waals surface area contributed by atoms with Crippen molar-refractivity contribution in [3.63, 3.8) is 0 Å². The van der Waals surface area contributed by atoms with E-state index in [-0.39, 0.29) is 18.9 Å². The van der Waals surface area contributed by atoms with E-state index in [4.69, 9.17) is 4.74 Å². The number of rotatable bonds is 6. The molecule has 1 atom stereocenters. The second-order valence-corrected chi connectivity index (χ2v) is 4.55. The van der Waals surface area contributed by atoms with Gasteiger partial charge in [-0.3, -0.25) is 4.79 Å². The fourth-order valence-electron chi connectivity index (χ4n) is 1.23. The highest BCUT2D eigenvalue weighted by Crippen LogP contribution is 2.18. The van der Waals surface area contributed by atoms with E-state index in [1.807, 2.05) is 6.07 Å². The fourth-order valence-corrected chi connectivity index (χ4v) is 1.61. The third kappa shape index (κ3) is 5.18. The Morgan fingerprint density at radius 3 is 2.83 bits per heavy atom. The lowest BCUT2D eigenvalue weighted by atomic mass is 10.3. The largest absolute Gasteiger partial charge is 0.550 e. The van der Waals surface area contributed by atoms with Crippen LogP contribution in [0.25, 0.3) is 0 Å². The van der Waals surface area contributed by atoms with Gasteiger partial charge in [0, 0.05) is 23.4 Å². The van der Waals surface area contributed by atoms with Crippen molar-refractivity contribution in [1.29, 1.82) is 0 Å². The Labute approximate surface area is 113 Å². The van der Waals surface area contributed by atoms with E-state index in [0.29, 0.717) is 5.75 Å². The lowest BCUT2D eigenvalue weighted by Crippen LogP contribution is -2.38. The smallest absolute Gasteiger partial charge is 0.260 e. The summed E-state index contributed by atoms with van der Waals surface area (Å²) in [7, 11) is 0. The van der Waals surface area contributed by atoms with Crippen LogP contribution in [0.15, 0.2) is 28.7 Å². The van der Waals surface area contributed by atoms with Crippen LogP contribution in [0, 0.1) is 0 Å². The zero-order chi connectivity index (χ0) is 13.5. The van der Waals surface area contributed by atoms with Crippen LogP contribution in [0.2, 0.25) is 0 Å². The van der Waals surface area contributed by atoms with Gasteiger partial charge in [0.2, 0.25) is 0 Å². The highest BCUT2D eigenvalue weighted by molar-refractivity contribution is 9.10. The number of carboxylic acids is 1. The Bertz CT molecular complexity index is 436. The molecule has 0 heterocycles. The molecule has 0 radical (unpaired) electrons. The Morgan fingerprint density at radius 1 is 1.50 bits per heavy atom. The van der Waals surface area contributed by atoms with Gasteiger partial charge in [-0.25, -0.2) is 0 Å². The van der Waals surface area contributed by atoms with Crippen LogP contribution in [0.5, 0.6) is 5.75 Å². The molecule has 0 unspecified atom stereocenters. The van der Waals surface area contributed by atoms with Crippen molar-refractivity contribution in [3.8, 4) is 5.75 Å². The number of hydrogen-bond donors (Lipinski definition) is 1. The number of carboxylic acid groups (broad SMARTS) is 1. The third-order valence-corrected chi connectivity index (χ3v) is 2.60. The minimum atomic E-state index is -1.20. The topological polar surface area (TPSA) is 78.5 Å². The molecule has 0 spiro atoms. The first-order chi connectivity index (χ1) is 8.49. The standard InChI is InChI=1S/C12H14BrNO4/c1-8(12(17)14-6-5-11(15)16)18-10-4-2-3-9(13)7-10/h2-4,7-8H,5-6H2,1H3,(H,14,17)(H,15,16)/p-1/t8-/m1/s1. The number of carbonyl (C=O) groups is 2. The van der Waals surface area contributed by atoms with Gasteiger partial charge in [0.05, 0.1) is 0 Å². The maximum absolute atomic E-state index is 11.6. The molecule has 1 aromatic rings. The van der Waals surface area contributed by atoms with Gasteiger partial charge in [0.15, 0.2) is 6.10 Å². The van der Waals surface area contributed by atoms with Crippen molar-refractivity contribution in [2.24, 2.45) is 0 Å². The van der Waals surface area contributed by atoms with Gasteiger partial charge in [-0.05, 0) is 25.1 Å². The molecular weight excluding hydrogens is 302 g/mol. The van der Waals surface area contributed by atoms with E-state index in [2.05, 4.69) is 21.2 Å². The van der Waals surface area contributed by atoms with E-state index >= 15 is 0 Å². The molecule has 0 bridgehead atoms. The summed E-state index contributed by atoms with van der Waals surface area (Å²) in [6.45, 7) is 1.63. The van der Waals surface area contributed by atoms with Crippen molar-refractivity contribution in [2.45, 2.75) is 19.4 Å². The Kier molecular flexibility index (Phi) is 5.64. The number of ether oxygens (including phenoxy) is 1. The van der Waals surface area contributed by atoms with Crippen molar-refractivity contribution in [1.82, 2.24) is 5.32 Å². The number of carbonyl (C=O) groups excluding carboxylic acids is 2. The average molecular weight is 315 g/mol. The molecule has 5 nitrogen and oxygen atoms in total. The van der Waals surface area contributed by atoms with Crippen molar-refractivity contribution in [3.05, 3.63) is 28.7 Å². The highest BCUT2D eigenvalue weighted by atomic mass is 79.9. The number of hydrogen-bond acceptors (Lipinski definition) is 4. The number of benzene rings is 1. The zero-order valence-electron chi connectivity index (χ0n) is 9.81. The van der Waals surface area contributed by atoms with Gasteiger partial charge in [0.1, 0.15) is 5.75 Å². The summed E-state index contributed by atoms with van der Waals surface area (Å²) in [6.07, 6.45) is -0.906. The molecule has 0 aliphatic carbocycles. The first kappa shape index (κ1) is 14.5. The molecule has 18 heavy (non-hydrogen) atoms. The normalized spacial score (nSPS) is 11.7. The van der Waals surface area contributed by atoms with Crippen LogP contribution in [0.3, 0.4) is 0 Å². The molecule has 0 aromatic heterocycles. The molecule has 98 valence electrons. The van der Waals surface area contributed by atoms with Crippen molar-refractivity contribution < 1.29 is 19.4 Å². The molecule has 6 heteroatoms. The zero-order valence-corrected chi connectivity index (χ0v) is 11.4. The molecule has 0 aliphatic rings. The van der Waals surface area contributed by atoms with Gasteiger partial charge in [0.25, 0.3) is 5.91 Å². The molecule has 0 aliphatic heterocycles. The minimum absolute atomic E-state index is 0.0351. The van der Waals surface area contributed by atoms with Gasteiger partial charge < -0.3 is 20.0 Å². The molecule has 1 amide bonds. The van der Waals surface area contributed by atoms with Crippen molar-refractivity contribution >= 4 is 27.8 Å². The first-order valence-corrected chi connectivity index (χ1v) is 6.18. The molecule has 0 fully saturated rings.